The van der Waals surface area contributed by atoms with Crippen LogP contribution in [0.1, 0.15) is 38.1 Å². The summed E-state index contributed by atoms with van der Waals surface area (Å²) in [6.07, 6.45) is 0. The van der Waals surface area contributed by atoms with E-state index in [9.17, 15) is 9.59 Å². The summed E-state index contributed by atoms with van der Waals surface area (Å²) in [5, 5.41) is 2.05. The van der Waals surface area contributed by atoms with Crippen LogP contribution in [0.5, 0.6) is 0 Å². The third-order valence-electron chi connectivity index (χ3n) is 3.19. The van der Waals surface area contributed by atoms with Gasteiger partial charge in [0, 0.05) is 5.56 Å². The molecule has 0 heterocycles. The molecule has 3 nitrogen and oxygen atoms in total. The van der Waals surface area contributed by atoms with E-state index in [0.29, 0.717) is 5.56 Å². The lowest BCUT2D eigenvalue weighted by Gasteiger charge is -2.21. The summed E-state index contributed by atoms with van der Waals surface area (Å²) in [5.41, 5.74) is -0.0540. The zero-order chi connectivity index (χ0) is 15.6. The fourth-order valence-electron chi connectivity index (χ4n) is 2.09. The van der Waals surface area contributed by atoms with Crippen molar-refractivity contribution in [2.24, 2.45) is 5.92 Å². The highest BCUT2D eigenvalue weighted by Crippen LogP contribution is 2.20. The molecule has 0 amide bonds. The minimum absolute atomic E-state index is 0.213. The molecule has 0 saturated heterocycles. The van der Waals surface area contributed by atoms with Crippen LogP contribution in [-0.2, 0) is 9.53 Å². The molecule has 0 radical (unpaired) electrons. The Hall–Kier alpha value is -2.16. The minimum atomic E-state index is -0.801. The van der Waals surface area contributed by atoms with Crippen LogP contribution >= 0.6 is 0 Å². The minimum Gasteiger partial charge on any atom is -0.459 e. The van der Waals surface area contributed by atoms with Gasteiger partial charge in [-0.2, -0.15) is 0 Å². The molecule has 0 aliphatic rings. The van der Waals surface area contributed by atoms with Crippen LogP contribution in [0, 0.1) is 5.92 Å². The molecule has 0 spiro atoms. The molecule has 2 rings (SSSR count). The van der Waals surface area contributed by atoms with E-state index in [1.54, 1.807) is 33.8 Å². The second-order valence-corrected chi connectivity index (χ2v) is 6.18. The lowest BCUT2D eigenvalue weighted by atomic mass is 9.97. The first-order chi connectivity index (χ1) is 9.78. The first kappa shape index (κ1) is 15.2. The first-order valence-electron chi connectivity index (χ1n) is 7.04. The Bertz CT molecular complexity index is 680. The largest absolute Gasteiger partial charge is 0.459 e. The van der Waals surface area contributed by atoms with Crippen LogP contribution in [0.3, 0.4) is 0 Å². The summed E-state index contributed by atoms with van der Waals surface area (Å²) in [6, 6.07) is 13.3. The molecule has 110 valence electrons. The molecule has 0 aliphatic carbocycles. The second kappa shape index (κ2) is 5.68. The Labute approximate surface area is 124 Å². The highest BCUT2D eigenvalue weighted by molar-refractivity contribution is 6.09. The highest BCUT2D eigenvalue weighted by Gasteiger charge is 2.27. The van der Waals surface area contributed by atoms with E-state index in [-0.39, 0.29) is 5.78 Å². The smallest absolute Gasteiger partial charge is 0.317 e. The van der Waals surface area contributed by atoms with Crippen LogP contribution in [0.2, 0.25) is 0 Å². The predicted octanol–water partition coefficient (Wildman–Crippen LogP) is 4.00. The number of ketones is 1. The van der Waals surface area contributed by atoms with E-state index in [0.717, 1.165) is 10.8 Å². The van der Waals surface area contributed by atoms with Crippen molar-refractivity contribution in [3.63, 3.8) is 0 Å². The van der Waals surface area contributed by atoms with Crippen molar-refractivity contribution >= 4 is 22.5 Å². The Balaban J connectivity index is 2.23. The Morgan fingerprint density at radius 2 is 1.62 bits per heavy atom. The summed E-state index contributed by atoms with van der Waals surface area (Å²) in [5.74, 6) is -1.50. The van der Waals surface area contributed by atoms with Crippen LogP contribution in [0.4, 0.5) is 0 Å². The Morgan fingerprint density at radius 3 is 2.24 bits per heavy atom. The zero-order valence-electron chi connectivity index (χ0n) is 12.8. The lowest BCUT2D eigenvalue weighted by Crippen LogP contribution is -2.31. The van der Waals surface area contributed by atoms with Crippen LogP contribution in [0.25, 0.3) is 10.8 Å². The topological polar surface area (TPSA) is 43.4 Å². The molecule has 0 aromatic heterocycles. The molecule has 0 saturated carbocycles. The average molecular weight is 284 g/mol. The molecule has 0 fully saturated rings. The fraction of sp³-hybridized carbons (Fsp3) is 0.333. The van der Waals surface area contributed by atoms with Crippen molar-refractivity contribution in [3.8, 4) is 0 Å². The number of rotatable bonds is 3. The second-order valence-electron chi connectivity index (χ2n) is 6.18. The number of benzene rings is 2. The van der Waals surface area contributed by atoms with Crippen molar-refractivity contribution in [2.45, 2.75) is 33.3 Å². The summed E-state index contributed by atoms with van der Waals surface area (Å²) in [6.45, 7) is 6.96. The first-order valence-corrected chi connectivity index (χ1v) is 7.04. The van der Waals surface area contributed by atoms with E-state index >= 15 is 0 Å². The third-order valence-corrected chi connectivity index (χ3v) is 3.19. The van der Waals surface area contributed by atoms with E-state index in [1.165, 1.54) is 0 Å². The van der Waals surface area contributed by atoms with Gasteiger partial charge in [-0.3, -0.25) is 9.59 Å². The van der Waals surface area contributed by atoms with Crippen LogP contribution in [0.15, 0.2) is 42.5 Å². The van der Waals surface area contributed by atoms with Gasteiger partial charge >= 0.3 is 5.97 Å². The van der Waals surface area contributed by atoms with E-state index in [2.05, 4.69) is 0 Å². The van der Waals surface area contributed by atoms with E-state index in [1.807, 2.05) is 36.4 Å². The summed E-state index contributed by atoms with van der Waals surface area (Å²) < 4.78 is 5.27. The number of carbonyl (C=O) groups excluding carboxylic acids is 2. The molecule has 1 atom stereocenters. The molecule has 0 N–H and O–H groups in total. The van der Waals surface area contributed by atoms with Gasteiger partial charge in [-0.15, -0.1) is 0 Å². The van der Waals surface area contributed by atoms with E-state index < -0.39 is 17.5 Å². The quantitative estimate of drug-likeness (QED) is 0.486. The van der Waals surface area contributed by atoms with Gasteiger partial charge in [0.05, 0.1) is 0 Å². The van der Waals surface area contributed by atoms with Gasteiger partial charge in [-0.05, 0) is 44.5 Å². The van der Waals surface area contributed by atoms with Crippen molar-refractivity contribution in [2.75, 3.05) is 0 Å². The molecular weight excluding hydrogens is 264 g/mol. The number of fused-ring (bicyclic) bond motifs is 1. The normalized spacial score (nSPS) is 13.0. The Morgan fingerprint density at radius 1 is 1.00 bits per heavy atom. The third kappa shape index (κ3) is 3.69. The van der Waals surface area contributed by atoms with Crippen molar-refractivity contribution < 1.29 is 14.3 Å². The molecular formula is C18H20O3. The maximum absolute atomic E-state index is 12.4. The highest BCUT2D eigenvalue weighted by atomic mass is 16.6. The fourth-order valence-corrected chi connectivity index (χ4v) is 2.09. The molecule has 0 aliphatic heterocycles. The summed E-state index contributed by atoms with van der Waals surface area (Å²) in [4.78, 5) is 24.4. The lowest BCUT2D eigenvalue weighted by molar-refractivity contribution is -0.157. The maximum atomic E-state index is 12.4. The molecule has 3 heteroatoms. The summed E-state index contributed by atoms with van der Waals surface area (Å²) in [7, 11) is 0. The van der Waals surface area contributed by atoms with Gasteiger partial charge in [0.2, 0.25) is 0 Å². The molecule has 1 unspecified atom stereocenters. The van der Waals surface area contributed by atoms with Crippen LogP contribution in [-0.4, -0.2) is 17.4 Å². The number of ether oxygens (including phenoxy) is 1. The number of hydrogen-bond acceptors (Lipinski definition) is 3. The molecule has 21 heavy (non-hydrogen) atoms. The molecule has 2 aromatic carbocycles. The van der Waals surface area contributed by atoms with Gasteiger partial charge in [0.15, 0.2) is 5.78 Å². The van der Waals surface area contributed by atoms with Crippen LogP contribution < -0.4 is 0 Å². The van der Waals surface area contributed by atoms with Crippen molar-refractivity contribution in [3.05, 3.63) is 48.0 Å². The summed E-state index contributed by atoms with van der Waals surface area (Å²) >= 11 is 0. The standard InChI is InChI=1S/C18H20O3/c1-12(17(20)21-18(2,3)4)16(19)15-10-9-13-7-5-6-8-14(13)11-15/h5-12H,1-4H3. The Kier molecular flexibility index (Phi) is 4.12. The number of Topliss-reactive ketones (excluding diaryl/α,β-unsaturated/α-hetero) is 1. The maximum Gasteiger partial charge on any atom is 0.317 e. The van der Waals surface area contributed by atoms with E-state index in [4.69, 9.17) is 4.74 Å². The monoisotopic (exact) mass is 284 g/mol. The SMILES string of the molecule is CC(C(=O)OC(C)(C)C)C(=O)c1ccc2ccccc2c1. The molecule has 2 aromatic rings. The zero-order valence-corrected chi connectivity index (χ0v) is 12.8. The predicted molar refractivity (Wildman–Crippen MR) is 83.3 cm³/mol. The number of carbonyl (C=O) groups is 2. The number of hydrogen-bond donors (Lipinski definition) is 0. The number of esters is 1. The van der Waals surface area contributed by atoms with Gasteiger partial charge < -0.3 is 4.74 Å². The van der Waals surface area contributed by atoms with Crippen molar-refractivity contribution in [1.82, 2.24) is 0 Å². The average Bonchev–Trinajstić information content (AvgIpc) is 2.43. The van der Waals surface area contributed by atoms with Gasteiger partial charge in [0.1, 0.15) is 11.5 Å². The van der Waals surface area contributed by atoms with Gasteiger partial charge in [-0.25, -0.2) is 0 Å². The van der Waals surface area contributed by atoms with Gasteiger partial charge in [-0.1, -0.05) is 36.4 Å². The molecule has 0 bridgehead atoms. The van der Waals surface area contributed by atoms with Crippen molar-refractivity contribution in [1.29, 1.82) is 0 Å². The van der Waals surface area contributed by atoms with Gasteiger partial charge in [0.25, 0.3) is 0 Å².